The summed E-state index contributed by atoms with van der Waals surface area (Å²) in [4.78, 5) is 10.4. The molecule has 2 N–H and O–H groups in total. The van der Waals surface area contributed by atoms with Crippen molar-refractivity contribution in [2.75, 3.05) is 24.5 Å². The minimum absolute atomic E-state index is 0.0233. The van der Waals surface area contributed by atoms with Gasteiger partial charge in [-0.15, -0.1) is 0 Å². The molecule has 0 amide bonds. The van der Waals surface area contributed by atoms with Crippen molar-refractivity contribution in [1.29, 1.82) is 0 Å². The Bertz CT molecular complexity index is 882. The Morgan fingerprint density at radius 2 is 2.00 bits per heavy atom. The first-order chi connectivity index (χ1) is 13.9. The van der Waals surface area contributed by atoms with Crippen LogP contribution in [0.25, 0.3) is 0 Å². The van der Waals surface area contributed by atoms with Crippen LogP contribution in [0.4, 0.5) is 23.4 Å². The number of anilines is 1. The van der Waals surface area contributed by atoms with E-state index in [1.54, 1.807) is 18.3 Å². The Labute approximate surface area is 170 Å². The minimum Gasteiger partial charge on any atom is -0.357 e. The van der Waals surface area contributed by atoms with Gasteiger partial charge in [0.15, 0.2) is 29.2 Å². The predicted octanol–water partition coefficient (Wildman–Crippen LogP) is 3.63. The standard InChI is InChI=1S/C19H20ClF4N5/c1-2-25-19(27-9-12-16(23)14(21)8-15(22)17(12)24)28-11-5-7-29(10-11)18-13(20)4-3-6-26-18/h3-4,6,8,11H,2,5,7,9-10H2,1H3,(H2,25,27,28). The van der Waals surface area contributed by atoms with E-state index in [9.17, 15) is 17.6 Å². The summed E-state index contributed by atoms with van der Waals surface area (Å²) in [5.74, 6) is -4.83. The maximum absolute atomic E-state index is 13.8. The second kappa shape index (κ2) is 9.30. The third kappa shape index (κ3) is 4.90. The number of hydrogen-bond acceptors (Lipinski definition) is 3. The molecule has 0 saturated carbocycles. The number of nitrogens with one attached hydrogen (secondary N) is 2. The van der Waals surface area contributed by atoms with E-state index in [1.165, 1.54) is 0 Å². The van der Waals surface area contributed by atoms with E-state index in [0.717, 1.165) is 6.42 Å². The Kier molecular flexibility index (Phi) is 6.79. The van der Waals surface area contributed by atoms with Crippen LogP contribution in [0.5, 0.6) is 0 Å². The maximum Gasteiger partial charge on any atom is 0.191 e. The number of guanidine groups is 1. The minimum atomic E-state index is -1.45. The predicted molar refractivity (Wildman–Crippen MR) is 104 cm³/mol. The van der Waals surface area contributed by atoms with Crippen LogP contribution in [0.1, 0.15) is 18.9 Å². The molecule has 10 heteroatoms. The van der Waals surface area contributed by atoms with Gasteiger partial charge in [0.2, 0.25) is 0 Å². The molecule has 1 aromatic carbocycles. The van der Waals surface area contributed by atoms with E-state index in [2.05, 4.69) is 20.6 Å². The van der Waals surface area contributed by atoms with Crippen LogP contribution in [0.2, 0.25) is 5.02 Å². The Morgan fingerprint density at radius 3 is 2.66 bits per heavy atom. The van der Waals surface area contributed by atoms with Crippen molar-refractivity contribution < 1.29 is 17.6 Å². The van der Waals surface area contributed by atoms with Crippen LogP contribution < -0.4 is 15.5 Å². The number of aromatic nitrogens is 1. The van der Waals surface area contributed by atoms with Crippen LogP contribution in [0.15, 0.2) is 29.4 Å². The molecule has 1 aliphatic rings. The summed E-state index contributed by atoms with van der Waals surface area (Å²) in [6, 6.07) is 3.67. The molecule has 1 atom stereocenters. The summed E-state index contributed by atoms with van der Waals surface area (Å²) in [6.07, 6.45) is 2.42. The summed E-state index contributed by atoms with van der Waals surface area (Å²) < 4.78 is 54.4. The van der Waals surface area contributed by atoms with Gasteiger partial charge in [-0.05, 0) is 25.5 Å². The van der Waals surface area contributed by atoms with Crippen molar-refractivity contribution in [2.45, 2.75) is 25.9 Å². The van der Waals surface area contributed by atoms with Gasteiger partial charge >= 0.3 is 0 Å². The first kappa shape index (κ1) is 21.2. The van der Waals surface area contributed by atoms with Gasteiger partial charge < -0.3 is 15.5 Å². The van der Waals surface area contributed by atoms with E-state index >= 15 is 0 Å². The molecular weight excluding hydrogens is 410 g/mol. The van der Waals surface area contributed by atoms with Gasteiger partial charge in [0.05, 0.1) is 17.1 Å². The molecule has 3 rings (SSSR count). The highest BCUT2D eigenvalue weighted by Crippen LogP contribution is 2.26. The van der Waals surface area contributed by atoms with Crippen molar-refractivity contribution in [1.82, 2.24) is 15.6 Å². The van der Waals surface area contributed by atoms with Crippen LogP contribution in [-0.4, -0.2) is 36.6 Å². The van der Waals surface area contributed by atoms with Crippen LogP contribution in [-0.2, 0) is 6.54 Å². The lowest BCUT2D eigenvalue weighted by Crippen LogP contribution is -2.44. The molecular formula is C19H20ClF4N5. The average Bonchev–Trinajstić information content (AvgIpc) is 3.15. The van der Waals surface area contributed by atoms with Crippen LogP contribution in [0, 0.1) is 23.3 Å². The van der Waals surface area contributed by atoms with Gasteiger partial charge in [0, 0.05) is 37.9 Å². The van der Waals surface area contributed by atoms with Crippen molar-refractivity contribution in [3.05, 3.63) is 58.3 Å². The van der Waals surface area contributed by atoms with Crippen molar-refractivity contribution >= 4 is 23.4 Å². The molecule has 156 valence electrons. The van der Waals surface area contributed by atoms with Crippen molar-refractivity contribution in [3.8, 4) is 0 Å². The van der Waals surface area contributed by atoms with Crippen LogP contribution >= 0.6 is 11.6 Å². The number of nitrogens with zero attached hydrogens (tertiary/aromatic N) is 3. The largest absolute Gasteiger partial charge is 0.357 e. The maximum atomic E-state index is 13.8. The summed E-state index contributed by atoms with van der Waals surface area (Å²) in [6.45, 7) is 3.08. The molecule has 1 saturated heterocycles. The fourth-order valence-corrected chi connectivity index (χ4v) is 3.35. The third-order valence-electron chi connectivity index (χ3n) is 4.51. The van der Waals surface area contributed by atoms with E-state index in [1.807, 2.05) is 11.8 Å². The number of hydrogen-bond donors (Lipinski definition) is 2. The molecule has 0 radical (unpaired) electrons. The molecule has 29 heavy (non-hydrogen) atoms. The fourth-order valence-electron chi connectivity index (χ4n) is 3.11. The monoisotopic (exact) mass is 429 g/mol. The van der Waals surface area contributed by atoms with E-state index in [0.29, 0.717) is 30.5 Å². The zero-order valence-corrected chi connectivity index (χ0v) is 16.4. The average molecular weight is 430 g/mol. The van der Waals surface area contributed by atoms with Crippen molar-refractivity contribution in [3.63, 3.8) is 0 Å². The number of pyridine rings is 1. The summed E-state index contributed by atoms with van der Waals surface area (Å²) in [7, 11) is 0. The third-order valence-corrected chi connectivity index (χ3v) is 4.80. The van der Waals surface area contributed by atoms with Gasteiger partial charge in [-0.2, -0.15) is 0 Å². The zero-order valence-electron chi connectivity index (χ0n) is 15.7. The molecule has 0 spiro atoms. The first-order valence-corrected chi connectivity index (χ1v) is 9.50. The highest BCUT2D eigenvalue weighted by atomic mass is 35.5. The van der Waals surface area contributed by atoms with Gasteiger partial charge in [0.1, 0.15) is 5.82 Å². The molecule has 1 aliphatic heterocycles. The van der Waals surface area contributed by atoms with Gasteiger partial charge in [0.25, 0.3) is 0 Å². The van der Waals surface area contributed by atoms with E-state index < -0.39 is 35.4 Å². The summed E-state index contributed by atoms with van der Waals surface area (Å²) in [5.41, 5.74) is -0.756. The van der Waals surface area contributed by atoms with E-state index in [4.69, 9.17) is 11.6 Å². The molecule has 0 aliphatic carbocycles. The lowest BCUT2D eigenvalue weighted by molar-refractivity contribution is 0.439. The second-order valence-electron chi connectivity index (χ2n) is 6.53. The Morgan fingerprint density at radius 1 is 1.28 bits per heavy atom. The van der Waals surface area contributed by atoms with Crippen LogP contribution in [0.3, 0.4) is 0 Å². The summed E-state index contributed by atoms with van der Waals surface area (Å²) in [5, 5.41) is 6.68. The molecule has 2 heterocycles. The van der Waals surface area contributed by atoms with Crippen molar-refractivity contribution in [2.24, 2.45) is 4.99 Å². The number of halogens is 5. The molecule has 5 nitrogen and oxygen atoms in total. The molecule has 2 aromatic rings. The van der Waals surface area contributed by atoms with Gasteiger partial charge in [-0.1, -0.05) is 11.6 Å². The SMILES string of the molecule is CCNC(=NCc1c(F)c(F)cc(F)c1F)NC1CCN(c2ncccc2Cl)C1. The smallest absolute Gasteiger partial charge is 0.191 e. The fraction of sp³-hybridized carbons (Fsp3) is 0.368. The quantitative estimate of drug-likeness (QED) is 0.330. The molecule has 1 aromatic heterocycles. The second-order valence-corrected chi connectivity index (χ2v) is 6.93. The lowest BCUT2D eigenvalue weighted by atomic mass is 10.2. The molecule has 1 fully saturated rings. The zero-order chi connectivity index (χ0) is 21.0. The van der Waals surface area contributed by atoms with E-state index in [-0.39, 0.29) is 18.1 Å². The topological polar surface area (TPSA) is 52.6 Å². The van der Waals surface area contributed by atoms with Gasteiger partial charge in [-0.3, -0.25) is 0 Å². The number of rotatable bonds is 5. The normalized spacial score (nSPS) is 17.0. The molecule has 1 unspecified atom stereocenters. The number of aliphatic imine (C=N–C) groups is 1. The highest BCUT2D eigenvalue weighted by Gasteiger charge is 2.26. The summed E-state index contributed by atoms with van der Waals surface area (Å²) >= 11 is 6.19. The first-order valence-electron chi connectivity index (χ1n) is 9.12. The highest BCUT2D eigenvalue weighted by molar-refractivity contribution is 6.32. The lowest BCUT2D eigenvalue weighted by Gasteiger charge is -2.20. The molecule has 0 bridgehead atoms. The Hall–Kier alpha value is -2.55. The Balaban J connectivity index is 1.71. The van der Waals surface area contributed by atoms with Gasteiger partial charge in [-0.25, -0.2) is 27.5 Å². The number of benzene rings is 1.